The van der Waals surface area contributed by atoms with Gasteiger partial charge in [0.15, 0.2) is 0 Å². The Hall–Kier alpha value is -0.780. The van der Waals surface area contributed by atoms with Crippen molar-refractivity contribution < 1.29 is 0 Å². The average molecular weight is 176 g/mol. The fourth-order valence-corrected chi connectivity index (χ4v) is 1.92. The van der Waals surface area contributed by atoms with Gasteiger partial charge in [-0.2, -0.15) is 0 Å². The molecule has 0 amide bonds. The van der Waals surface area contributed by atoms with Crippen LogP contribution in [0.3, 0.4) is 0 Å². The van der Waals surface area contributed by atoms with Gasteiger partial charge in [-0.25, -0.2) is 0 Å². The predicted octanol–water partition coefficient (Wildman–Crippen LogP) is 3.87. The number of rotatable bonds is 2. The lowest BCUT2D eigenvalue weighted by molar-refractivity contribution is 0.896. The van der Waals surface area contributed by atoms with Crippen LogP contribution in [0.4, 0.5) is 0 Å². The van der Waals surface area contributed by atoms with Crippen molar-refractivity contribution in [2.24, 2.45) is 0 Å². The standard InChI is InChI=1S/C13H20/c1-6-7-13-11(4)9(2)8-10(3)12(13)5/h8H,6-7H2,1-5H3. The van der Waals surface area contributed by atoms with Gasteiger partial charge in [0.1, 0.15) is 0 Å². The molecule has 0 heterocycles. The van der Waals surface area contributed by atoms with E-state index in [2.05, 4.69) is 40.7 Å². The molecule has 1 aromatic carbocycles. The zero-order valence-corrected chi connectivity index (χ0v) is 9.49. The SMILES string of the molecule is CCCc1c(C)c(C)cc(C)c1C. The van der Waals surface area contributed by atoms with Gasteiger partial charge in [0, 0.05) is 0 Å². The highest BCUT2D eigenvalue weighted by molar-refractivity contribution is 5.43. The fourth-order valence-electron chi connectivity index (χ4n) is 1.92. The third kappa shape index (κ3) is 1.93. The van der Waals surface area contributed by atoms with E-state index in [9.17, 15) is 0 Å². The summed E-state index contributed by atoms with van der Waals surface area (Å²) >= 11 is 0. The molecule has 0 saturated heterocycles. The maximum absolute atomic E-state index is 2.30. The van der Waals surface area contributed by atoms with E-state index in [1.165, 1.54) is 35.1 Å². The molecule has 72 valence electrons. The minimum atomic E-state index is 1.22. The minimum absolute atomic E-state index is 1.22. The third-order valence-electron chi connectivity index (χ3n) is 3.02. The van der Waals surface area contributed by atoms with Crippen molar-refractivity contribution in [3.8, 4) is 0 Å². The summed E-state index contributed by atoms with van der Waals surface area (Å²) in [6.45, 7) is 11.2. The van der Waals surface area contributed by atoms with Crippen molar-refractivity contribution in [2.45, 2.75) is 47.5 Å². The van der Waals surface area contributed by atoms with E-state index in [-0.39, 0.29) is 0 Å². The molecule has 1 aromatic rings. The second-order valence-electron chi connectivity index (χ2n) is 3.99. The molecule has 0 aliphatic carbocycles. The lowest BCUT2D eigenvalue weighted by atomic mass is 9.92. The number of hydrogen-bond donors (Lipinski definition) is 0. The summed E-state index contributed by atoms with van der Waals surface area (Å²) in [6, 6.07) is 2.30. The molecular weight excluding hydrogens is 156 g/mol. The Balaban J connectivity index is 3.28. The Labute approximate surface area is 82.0 Å². The third-order valence-corrected chi connectivity index (χ3v) is 3.02. The second kappa shape index (κ2) is 3.95. The van der Waals surface area contributed by atoms with E-state index in [0.717, 1.165) is 0 Å². The fraction of sp³-hybridized carbons (Fsp3) is 0.538. The molecule has 0 fully saturated rings. The lowest BCUT2D eigenvalue weighted by Crippen LogP contribution is -1.98. The van der Waals surface area contributed by atoms with Gasteiger partial charge in [-0.15, -0.1) is 0 Å². The van der Waals surface area contributed by atoms with E-state index in [1.807, 2.05) is 0 Å². The topological polar surface area (TPSA) is 0 Å². The molecule has 0 N–H and O–H groups in total. The maximum atomic E-state index is 2.30. The van der Waals surface area contributed by atoms with Crippen LogP contribution >= 0.6 is 0 Å². The molecule has 0 atom stereocenters. The molecule has 0 aliphatic heterocycles. The first kappa shape index (κ1) is 10.3. The molecule has 1 rings (SSSR count). The Morgan fingerprint density at radius 2 is 1.38 bits per heavy atom. The van der Waals surface area contributed by atoms with Crippen molar-refractivity contribution in [3.63, 3.8) is 0 Å². The normalized spacial score (nSPS) is 10.5. The van der Waals surface area contributed by atoms with Crippen LogP contribution < -0.4 is 0 Å². The quantitative estimate of drug-likeness (QED) is 0.641. The van der Waals surface area contributed by atoms with Crippen LogP contribution in [-0.4, -0.2) is 0 Å². The summed E-state index contributed by atoms with van der Waals surface area (Å²) in [4.78, 5) is 0. The van der Waals surface area contributed by atoms with Crippen LogP contribution in [0.25, 0.3) is 0 Å². The molecule has 0 nitrogen and oxygen atoms in total. The van der Waals surface area contributed by atoms with Crippen LogP contribution in [0.5, 0.6) is 0 Å². The molecule has 0 radical (unpaired) electrons. The number of aryl methyl sites for hydroxylation is 2. The summed E-state index contributed by atoms with van der Waals surface area (Å²) in [7, 11) is 0. The van der Waals surface area contributed by atoms with Crippen LogP contribution in [0.15, 0.2) is 6.07 Å². The maximum Gasteiger partial charge on any atom is -0.0276 e. The Kier molecular flexibility index (Phi) is 3.13. The summed E-state index contributed by atoms with van der Waals surface area (Å²) in [6.07, 6.45) is 2.46. The Morgan fingerprint density at radius 1 is 0.923 bits per heavy atom. The lowest BCUT2D eigenvalue weighted by Gasteiger charge is -2.14. The van der Waals surface area contributed by atoms with Gasteiger partial charge in [-0.05, 0) is 61.9 Å². The van der Waals surface area contributed by atoms with E-state index in [0.29, 0.717) is 0 Å². The van der Waals surface area contributed by atoms with Gasteiger partial charge in [0.25, 0.3) is 0 Å². The summed E-state index contributed by atoms with van der Waals surface area (Å²) in [5.74, 6) is 0. The summed E-state index contributed by atoms with van der Waals surface area (Å²) < 4.78 is 0. The van der Waals surface area contributed by atoms with Gasteiger partial charge < -0.3 is 0 Å². The smallest absolute Gasteiger partial charge is 0.0276 e. The second-order valence-corrected chi connectivity index (χ2v) is 3.99. The molecule has 0 heteroatoms. The number of benzene rings is 1. The zero-order valence-electron chi connectivity index (χ0n) is 9.49. The Morgan fingerprint density at radius 3 is 1.77 bits per heavy atom. The molecule has 0 spiro atoms. The molecule has 0 aliphatic rings. The largest absolute Gasteiger partial charge is 0.0651 e. The first-order chi connectivity index (χ1) is 6.07. The van der Waals surface area contributed by atoms with Gasteiger partial charge in [-0.3, -0.25) is 0 Å². The van der Waals surface area contributed by atoms with Crippen molar-refractivity contribution in [1.29, 1.82) is 0 Å². The van der Waals surface area contributed by atoms with Gasteiger partial charge in [0.2, 0.25) is 0 Å². The number of hydrogen-bond acceptors (Lipinski definition) is 0. The van der Waals surface area contributed by atoms with Crippen LogP contribution in [0.2, 0.25) is 0 Å². The van der Waals surface area contributed by atoms with Crippen molar-refractivity contribution in [2.75, 3.05) is 0 Å². The van der Waals surface area contributed by atoms with Crippen molar-refractivity contribution in [1.82, 2.24) is 0 Å². The first-order valence-electron chi connectivity index (χ1n) is 5.14. The summed E-state index contributed by atoms with van der Waals surface area (Å²) in [5.41, 5.74) is 7.42. The molecule has 0 aromatic heterocycles. The predicted molar refractivity (Wildman–Crippen MR) is 59.4 cm³/mol. The zero-order chi connectivity index (χ0) is 10.0. The summed E-state index contributed by atoms with van der Waals surface area (Å²) in [5, 5.41) is 0. The molecule has 13 heavy (non-hydrogen) atoms. The Bertz CT molecular complexity index is 282. The molecule has 0 saturated carbocycles. The van der Waals surface area contributed by atoms with Gasteiger partial charge in [-0.1, -0.05) is 19.4 Å². The monoisotopic (exact) mass is 176 g/mol. The van der Waals surface area contributed by atoms with Crippen molar-refractivity contribution >= 4 is 0 Å². The highest BCUT2D eigenvalue weighted by atomic mass is 14.1. The van der Waals surface area contributed by atoms with E-state index in [4.69, 9.17) is 0 Å². The van der Waals surface area contributed by atoms with Crippen LogP contribution in [0.1, 0.15) is 41.2 Å². The van der Waals surface area contributed by atoms with E-state index >= 15 is 0 Å². The first-order valence-corrected chi connectivity index (χ1v) is 5.14. The average Bonchev–Trinajstić information content (AvgIpc) is 2.09. The highest BCUT2D eigenvalue weighted by Crippen LogP contribution is 2.22. The van der Waals surface area contributed by atoms with E-state index < -0.39 is 0 Å². The van der Waals surface area contributed by atoms with Crippen LogP contribution in [-0.2, 0) is 6.42 Å². The van der Waals surface area contributed by atoms with Crippen molar-refractivity contribution in [3.05, 3.63) is 33.9 Å². The molecule has 0 unspecified atom stereocenters. The van der Waals surface area contributed by atoms with E-state index in [1.54, 1.807) is 5.56 Å². The molecule has 0 bridgehead atoms. The highest BCUT2D eigenvalue weighted by Gasteiger charge is 2.06. The van der Waals surface area contributed by atoms with Gasteiger partial charge in [0.05, 0.1) is 0 Å². The minimum Gasteiger partial charge on any atom is -0.0651 e. The van der Waals surface area contributed by atoms with Crippen LogP contribution in [0, 0.1) is 27.7 Å². The van der Waals surface area contributed by atoms with Gasteiger partial charge >= 0.3 is 0 Å². The molecular formula is C13H20.